The molecule has 136 valence electrons. The molecule has 0 spiro atoms. The zero-order chi connectivity index (χ0) is 17.9. The summed E-state index contributed by atoms with van der Waals surface area (Å²) in [6.07, 6.45) is 3.31. The molecule has 2 heterocycles. The number of anilines is 2. The quantitative estimate of drug-likeness (QED) is 0.907. The van der Waals surface area contributed by atoms with Crippen molar-refractivity contribution in [3.63, 3.8) is 0 Å². The van der Waals surface area contributed by atoms with Crippen LogP contribution in [0.5, 0.6) is 0 Å². The highest BCUT2D eigenvalue weighted by Gasteiger charge is 2.22. The second-order valence-electron chi connectivity index (χ2n) is 6.85. The van der Waals surface area contributed by atoms with E-state index in [0.717, 1.165) is 50.5 Å². The first-order valence-corrected chi connectivity index (χ1v) is 9.05. The molecule has 1 fully saturated rings. The van der Waals surface area contributed by atoms with E-state index in [1.807, 2.05) is 0 Å². The summed E-state index contributed by atoms with van der Waals surface area (Å²) in [5, 5.41) is 11.5. The number of hydrogen-bond donors (Lipinski definition) is 1. The summed E-state index contributed by atoms with van der Waals surface area (Å²) in [4.78, 5) is 16.5. The van der Waals surface area contributed by atoms with Crippen LogP contribution in [0.4, 0.5) is 15.9 Å². The van der Waals surface area contributed by atoms with Gasteiger partial charge in [0.15, 0.2) is 5.82 Å². The maximum atomic E-state index is 12.9. The molecular formula is C19H22FN5O. The molecule has 0 radical (unpaired) electrons. The minimum atomic E-state index is -0.311. The normalized spacial score (nSPS) is 17.2. The Bertz CT molecular complexity index is 787. The number of piperazine rings is 1. The van der Waals surface area contributed by atoms with E-state index < -0.39 is 0 Å². The number of hydrogen-bond acceptors (Lipinski definition) is 5. The molecule has 26 heavy (non-hydrogen) atoms. The molecule has 2 aliphatic rings. The largest absolute Gasteiger partial charge is 0.353 e. The average Bonchev–Trinajstić information content (AvgIpc) is 3.12. The smallest absolute Gasteiger partial charge is 0.238 e. The van der Waals surface area contributed by atoms with Crippen LogP contribution >= 0.6 is 0 Å². The Kier molecular flexibility index (Phi) is 4.79. The fourth-order valence-electron chi connectivity index (χ4n) is 3.54. The summed E-state index contributed by atoms with van der Waals surface area (Å²) in [7, 11) is 0. The number of aromatic nitrogens is 2. The number of amides is 1. The van der Waals surface area contributed by atoms with Gasteiger partial charge in [0.2, 0.25) is 5.91 Å². The van der Waals surface area contributed by atoms with Crippen LogP contribution in [0.3, 0.4) is 0 Å². The lowest BCUT2D eigenvalue weighted by Crippen LogP contribution is -2.49. The molecule has 0 unspecified atom stereocenters. The first-order valence-electron chi connectivity index (χ1n) is 9.05. The number of halogens is 1. The minimum absolute atomic E-state index is 0.0811. The number of benzene rings is 1. The van der Waals surface area contributed by atoms with Crippen LogP contribution < -0.4 is 10.2 Å². The van der Waals surface area contributed by atoms with Gasteiger partial charge in [0.1, 0.15) is 5.82 Å². The van der Waals surface area contributed by atoms with Crippen LogP contribution in [0.2, 0.25) is 0 Å². The molecular weight excluding hydrogens is 333 g/mol. The Labute approximate surface area is 152 Å². The van der Waals surface area contributed by atoms with E-state index in [1.54, 1.807) is 12.1 Å². The Hall–Kier alpha value is -2.54. The molecule has 6 nitrogen and oxygen atoms in total. The zero-order valence-corrected chi connectivity index (χ0v) is 14.6. The molecule has 1 aromatic carbocycles. The van der Waals surface area contributed by atoms with Crippen molar-refractivity contribution in [3.05, 3.63) is 47.4 Å². The van der Waals surface area contributed by atoms with E-state index in [4.69, 9.17) is 0 Å². The zero-order valence-electron chi connectivity index (χ0n) is 14.6. The van der Waals surface area contributed by atoms with Crippen LogP contribution in [-0.4, -0.2) is 53.7 Å². The highest BCUT2D eigenvalue weighted by atomic mass is 19.1. The van der Waals surface area contributed by atoms with Gasteiger partial charge in [-0.3, -0.25) is 9.69 Å². The van der Waals surface area contributed by atoms with Crippen molar-refractivity contribution in [2.45, 2.75) is 19.3 Å². The van der Waals surface area contributed by atoms with Crippen molar-refractivity contribution < 1.29 is 9.18 Å². The predicted octanol–water partition coefficient (Wildman–Crippen LogP) is 1.87. The third-order valence-corrected chi connectivity index (χ3v) is 5.00. The topological polar surface area (TPSA) is 61.4 Å². The number of aryl methyl sites for hydroxylation is 2. The standard InChI is InChI=1S/C19H22FN5O/c20-15-4-6-16(7-5-15)21-19(26)13-24-8-10-25(11-9-24)18-12-14-2-1-3-17(14)22-23-18/h4-7,12H,1-3,8-11,13H2,(H,21,26). The van der Waals surface area contributed by atoms with Gasteiger partial charge < -0.3 is 10.2 Å². The fourth-order valence-corrected chi connectivity index (χ4v) is 3.54. The second-order valence-corrected chi connectivity index (χ2v) is 6.85. The van der Waals surface area contributed by atoms with Gasteiger partial charge in [-0.1, -0.05) is 0 Å². The van der Waals surface area contributed by atoms with Crippen molar-refractivity contribution >= 4 is 17.4 Å². The molecule has 0 saturated carbocycles. The lowest BCUT2D eigenvalue weighted by Gasteiger charge is -2.34. The fraction of sp³-hybridized carbons (Fsp3) is 0.421. The summed E-state index contributed by atoms with van der Waals surface area (Å²) in [5.74, 6) is 0.553. The maximum absolute atomic E-state index is 12.9. The molecule has 0 bridgehead atoms. The second kappa shape index (κ2) is 7.37. The van der Waals surface area contributed by atoms with Gasteiger partial charge in [0.05, 0.1) is 12.2 Å². The monoisotopic (exact) mass is 355 g/mol. The summed E-state index contributed by atoms with van der Waals surface area (Å²) < 4.78 is 12.9. The summed E-state index contributed by atoms with van der Waals surface area (Å²) in [6.45, 7) is 3.60. The molecule has 1 amide bonds. The Morgan fingerprint density at radius 2 is 1.85 bits per heavy atom. The van der Waals surface area contributed by atoms with Gasteiger partial charge in [0.25, 0.3) is 0 Å². The number of nitrogens with one attached hydrogen (secondary N) is 1. The van der Waals surface area contributed by atoms with E-state index >= 15 is 0 Å². The highest BCUT2D eigenvalue weighted by Crippen LogP contribution is 2.23. The minimum Gasteiger partial charge on any atom is -0.353 e. The third-order valence-electron chi connectivity index (χ3n) is 5.00. The Morgan fingerprint density at radius 1 is 1.08 bits per heavy atom. The number of nitrogens with zero attached hydrogens (tertiary/aromatic N) is 4. The van der Waals surface area contributed by atoms with Crippen LogP contribution in [0.15, 0.2) is 30.3 Å². The highest BCUT2D eigenvalue weighted by molar-refractivity contribution is 5.92. The summed E-state index contributed by atoms with van der Waals surface area (Å²) in [6, 6.07) is 7.99. The summed E-state index contributed by atoms with van der Waals surface area (Å²) in [5.41, 5.74) is 3.09. The van der Waals surface area contributed by atoms with E-state index in [9.17, 15) is 9.18 Å². The first kappa shape index (κ1) is 16.9. The lowest BCUT2D eigenvalue weighted by molar-refractivity contribution is -0.117. The molecule has 0 atom stereocenters. The van der Waals surface area contributed by atoms with Crippen molar-refractivity contribution in [2.24, 2.45) is 0 Å². The number of carbonyl (C=O) groups is 1. The van der Waals surface area contributed by atoms with Gasteiger partial charge in [-0.15, -0.1) is 5.10 Å². The molecule has 4 rings (SSSR count). The molecule has 7 heteroatoms. The van der Waals surface area contributed by atoms with Gasteiger partial charge in [0, 0.05) is 31.9 Å². The lowest BCUT2D eigenvalue weighted by atomic mass is 10.2. The van der Waals surface area contributed by atoms with Crippen LogP contribution in [0, 0.1) is 5.82 Å². The van der Waals surface area contributed by atoms with E-state index in [2.05, 4.69) is 31.4 Å². The average molecular weight is 355 g/mol. The first-order chi connectivity index (χ1) is 12.7. The number of rotatable bonds is 4. The van der Waals surface area contributed by atoms with Gasteiger partial charge in [-0.25, -0.2) is 4.39 Å². The maximum Gasteiger partial charge on any atom is 0.238 e. The SMILES string of the molecule is O=C(CN1CCN(c2cc3c(nn2)CCC3)CC1)Nc1ccc(F)cc1. The Morgan fingerprint density at radius 3 is 2.62 bits per heavy atom. The Balaban J connectivity index is 1.28. The van der Waals surface area contributed by atoms with E-state index in [-0.39, 0.29) is 11.7 Å². The predicted molar refractivity (Wildman–Crippen MR) is 97.7 cm³/mol. The van der Waals surface area contributed by atoms with E-state index in [0.29, 0.717) is 12.2 Å². The van der Waals surface area contributed by atoms with Gasteiger partial charge in [-0.05, 0) is 55.2 Å². The third kappa shape index (κ3) is 3.83. The van der Waals surface area contributed by atoms with Crippen LogP contribution in [-0.2, 0) is 17.6 Å². The molecule has 2 aromatic rings. The molecule has 1 N–H and O–H groups in total. The molecule has 1 aliphatic carbocycles. The number of fused-ring (bicyclic) bond motifs is 1. The molecule has 1 aromatic heterocycles. The molecule has 1 aliphatic heterocycles. The molecule has 1 saturated heterocycles. The van der Waals surface area contributed by atoms with E-state index in [1.165, 1.54) is 24.1 Å². The van der Waals surface area contributed by atoms with Gasteiger partial charge in [-0.2, -0.15) is 5.10 Å². The van der Waals surface area contributed by atoms with Crippen molar-refractivity contribution in [1.82, 2.24) is 15.1 Å². The van der Waals surface area contributed by atoms with Crippen molar-refractivity contribution in [2.75, 3.05) is 42.9 Å². The van der Waals surface area contributed by atoms with Gasteiger partial charge >= 0.3 is 0 Å². The van der Waals surface area contributed by atoms with Crippen LogP contribution in [0.1, 0.15) is 17.7 Å². The van der Waals surface area contributed by atoms with Crippen molar-refractivity contribution in [1.29, 1.82) is 0 Å². The van der Waals surface area contributed by atoms with Crippen molar-refractivity contribution in [3.8, 4) is 0 Å². The number of carbonyl (C=O) groups excluding carboxylic acids is 1. The summed E-state index contributed by atoms with van der Waals surface area (Å²) >= 11 is 0. The van der Waals surface area contributed by atoms with Crippen LogP contribution in [0.25, 0.3) is 0 Å².